The van der Waals surface area contributed by atoms with Crippen molar-refractivity contribution in [3.05, 3.63) is 158 Å². The normalized spacial score (nSPS) is 15.8. The lowest BCUT2D eigenvalue weighted by Gasteiger charge is -2.20. The van der Waals surface area contributed by atoms with Crippen molar-refractivity contribution in [2.24, 2.45) is 0 Å². The van der Waals surface area contributed by atoms with Gasteiger partial charge in [-0.15, -0.1) is 0 Å². The molecule has 0 spiro atoms. The zero-order valence-corrected chi connectivity index (χ0v) is 23.4. The van der Waals surface area contributed by atoms with Crippen LogP contribution in [0.1, 0.15) is 5.56 Å². The van der Waals surface area contributed by atoms with Crippen LogP contribution < -0.4 is 5.32 Å². The number of hydrogen-bond acceptors (Lipinski definition) is 3. The largest absolute Gasteiger partial charge is 0.360 e. The molecule has 0 saturated heterocycles. The number of rotatable bonds is 3. The van der Waals surface area contributed by atoms with Crippen molar-refractivity contribution >= 4 is 48.9 Å². The minimum atomic E-state index is 0.189. The fourth-order valence-electron chi connectivity index (χ4n) is 6.78. The number of benzene rings is 6. The van der Waals surface area contributed by atoms with Crippen LogP contribution in [0.2, 0.25) is 0 Å². The van der Waals surface area contributed by atoms with Crippen LogP contribution in [0.4, 0.5) is 0 Å². The first-order valence-corrected chi connectivity index (χ1v) is 14.8. The van der Waals surface area contributed by atoms with Gasteiger partial charge in [-0.2, -0.15) is 0 Å². The van der Waals surface area contributed by atoms with E-state index in [1.165, 1.54) is 54.4 Å². The van der Waals surface area contributed by atoms with Crippen LogP contribution >= 0.6 is 0 Å². The van der Waals surface area contributed by atoms with E-state index < -0.39 is 0 Å². The SMILES string of the molecule is C1=CC2NC(c3ccc(-c4cccc(-c5nc6ccccc6c6c7ccccc7c7ccccc7c56)c4)cc3)=CN2C=C1. The molecule has 3 heteroatoms. The Balaban J connectivity index is 1.22. The predicted molar refractivity (Wildman–Crippen MR) is 180 cm³/mol. The van der Waals surface area contributed by atoms with Gasteiger partial charge in [-0.3, -0.25) is 0 Å². The van der Waals surface area contributed by atoms with Gasteiger partial charge in [0.25, 0.3) is 0 Å². The van der Waals surface area contributed by atoms with Crippen LogP contribution in [-0.4, -0.2) is 16.0 Å². The molecule has 0 fully saturated rings. The average Bonchev–Trinajstić information content (AvgIpc) is 3.52. The maximum atomic E-state index is 5.34. The molecule has 6 aromatic carbocycles. The number of allylic oxidation sites excluding steroid dienone is 2. The summed E-state index contributed by atoms with van der Waals surface area (Å²) in [5, 5.41) is 12.3. The summed E-state index contributed by atoms with van der Waals surface area (Å²) in [5.41, 5.74) is 7.82. The fourth-order valence-corrected chi connectivity index (χ4v) is 6.78. The Kier molecular flexibility index (Phi) is 5.26. The van der Waals surface area contributed by atoms with Crippen LogP contribution in [0, 0.1) is 0 Å². The van der Waals surface area contributed by atoms with Crippen molar-refractivity contribution in [1.82, 2.24) is 15.2 Å². The molecule has 202 valence electrons. The first-order chi connectivity index (χ1) is 21.3. The van der Waals surface area contributed by atoms with Crippen LogP contribution in [0.15, 0.2) is 152 Å². The number of fused-ring (bicyclic) bond motifs is 9. The Labute approximate surface area is 249 Å². The molecule has 1 unspecified atom stereocenters. The van der Waals surface area contributed by atoms with E-state index in [1.54, 1.807) is 0 Å². The standard InChI is InChI=1S/C40H27N3/c1-3-14-32-30(12-1)31-13-2-4-15-33(31)39-38(32)34-16-5-6-17-35(34)42-40(39)29-11-9-10-28(24-29)26-19-21-27(22-20-26)36-25-43-23-8-7-18-37(43)41-36/h1-25,37,41H. The first kappa shape index (κ1) is 24.0. The zero-order valence-electron chi connectivity index (χ0n) is 23.4. The number of nitrogens with zero attached hydrogens (tertiary/aromatic N) is 2. The summed E-state index contributed by atoms with van der Waals surface area (Å²) < 4.78 is 0. The second-order valence-corrected chi connectivity index (χ2v) is 11.3. The second kappa shape index (κ2) is 9.43. The number of hydrogen-bond donors (Lipinski definition) is 1. The lowest BCUT2D eigenvalue weighted by molar-refractivity contribution is 0.427. The Morgan fingerprint density at radius 3 is 1.95 bits per heavy atom. The molecule has 0 saturated carbocycles. The summed E-state index contributed by atoms with van der Waals surface area (Å²) in [6.45, 7) is 0. The van der Waals surface area contributed by atoms with E-state index in [9.17, 15) is 0 Å². The van der Waals surface area contributed by atoms with Gasteiger partial charge in [0.1, 0.15) is 6.17 Å². The van der Waals surface area contributed by atoms with Crippen molar-refractivity contribution in [2.45, 2.75) is 6.17 Å². The van der Waals surface area contributed by atoms with Crippen LogP contribution in [0.25, 0.3) is 71.3 Å². The minimum absolute atomic E-state index is 0.189. The van der Waals surface area contributed by atoms with E-state index in [-0.39, 0.29) is 6.17 Å². The first-order valence-electron chi connectivity index (χ1n) is 14.8. The van der Waals surface area contributed by atoms with Crippen molar-refractivity contribution in [3.8, 4) is 22.4 Å². The lowest BCUT2D eigenvalue weighted by atomic mass is 9.89. The van der Waals surface area contributed by atoms with E-state index in [0.717, 1.165) is 22.5 Å². The summed E-state index contributed by atoms with van der Waals surface area (Å²) >= 11 is 0. The average molecular weight is 550 g/mol. The van der Waals surface area contributed by atoms with Gasteiger partial charge in [-0.25, -0.2) is 4.98 Å². The molecule has 3 nitrogen and oxygen atoms in total. The third-order valence-corrected chi connectivity index (χ3v) is 8.81. The molecule has 7 aromatic rings. The van der Waals surface area contributed by atoms with Gasteiger partial charge in [0.15, 0.2) is 0 Å². The van der Waals surface area contributed by atoms with E-state index >= 15 is 0 Å². The molecule has 0 amide bonds. The monoisotopic (exact) mass is 549 g/mol. The minimum Gasteiger partial charge on any atom is -0.360 e. The molecule has 9 rings (SSSR count). The van der Waals surface area contributed by atoms with Gasteiger partial charge >= 0.3 is 0 Å². The maximum Gasteiger partial charge on any atom is 0.122 e. The summed E-state index contributed by atoms with van der Waals surface area (Å²) in [4.78, 5) is 7.53. The zero-order chi connectivity index (χ0) is 28.3. The Hall–Kier alpha value is -5.67. The number of pyridine rings is 1. The summed E-state index contributed by atoms with van der Waals surface area (Å²) in [7, 11) is 0. The molecule has 1 N–H and O–H groups in total. The third kappa shape index (κ3) is 3.79. The molecule has 43 heavy (non-hydrogen) atoms. The topological polar surface area (TPSA) is 28.2 Å². The number of para-hydroxylation sites is 1. The molecule has 3 heterocycles. The van der Waals surface area contributed by atoms with Crippen LogP contribution in [0.5, 0.6) is 0 Å². The molecule has 0 bridgehead atoms. The molecule has 0 aliphatic carbocycles. The van der Waals surface area contributed by atoms with Crippen LogP contribution in [-0.2, 0) is 0 Å². The molecule has 2 aliphatic rings. The summed E-state index contributed by atoms with van der Waals surface area (Å²) in [6.07, 6.45) is 10.8. The van der Waals surface area contributed by atoms with Gasteiger partial charge in [0.05, 0.1) is 16.9 Å². The highest BCUT2D eigenvalue weighted by Gasteiger charge is 2.22. The van der Waals surface area contributed by atoms with E-state index in [1.807, 2.05) is 0 Å². The van der Waals surface area contributed by atoms with Crippen LogP contribution in [0.3, 0.4) is 0 Å². The molecular formula is C40H27N3. The number of aromatic nitrogens is 1. The number of nitrogens with one attached hydrogen (secondary N) is 1. The van der Waals surface area contributed by atoms with Gasteiger partial charge in [-0.05, 0) is 62.5 Å². The highest BCUT2D eigenvalue weighted by molar-refractivity contribution is 6.33. The smallest absolute Gasteiger partial charge is 0.122 e. The van der Waals surface area contributed by atoms with Gasteiger partial charge < -0.3 is 10.2 Å². The Morgan fingerprint density at radius 2 is 1.19 bits per heavy atom. The summed E-state index contributed by atoms with van der Waals surface area (Å²) in [6, 6.07) is 43.8. The molecular weight excluding hydrogens is 522 g/mol. The Bertz CT molecular complexity index is 2330. The van der Waals surface area contributed by atoms with Crippen molar-refractivity contribution in [3.63, 3.8) is 0 Å². The van der Waals surface area contributed by atoms with E-state index in [0.29, 0.717) is 0 Å². The van der Waals surface area contributed by atoms with E-state index in [4.69, 9.17) is 4.98 Å². The highest BCUT2D eigenvalue weighted by Crippen LogP contribution is 2.43. The van der Waals surface area contributed by atoms with Crippen molar-refractivity contribution in [1.29, 1.82) is 0 Å². The lowest BCUT2D eigenvalue weighted by Crippen LogP contribution is -2.31. The molecule has 2 aliphatic heterocycles. The van der Waals surface area contributed by atoms with Crippen molar-refractivity contribution < 1.29 is 0 Å². The van der Waals surface area contributed by atoms with E-state index in [2.05, 4.69) is 162 Å². The predicted octanol–water partition coefficient (Wildman–Crippen LogP) is 9.64. The molecule has 1 atom stereocenters. The summed E-state index contributed by atoms with van der Waals surface area (Å²) in [5.74, 6) is 0. The maximum absolute atomic E-state index is 5.34. The third-order valence-electron chi connectivity index (χ3n) is 8.81. The quantitative estimate of drug-likeness (QED) is 0.222. The Morgan fingerprint density at radius 1 is 0.535 bits per heavy atom. The van der Waals surface area contributed by atoms with Gasteiger partial charge in [-0.1, -0.05) is 115 Å². The van der Waals surface area contributed by atoms with Crippen molar-refractivity contribution in [2.75, 3.05) is 0 Å². The fraction of sp³-hybridized carbons (Fsp3) is 0.0250. The second-order valence-electron chi connectivity index (χ2n) is 11.3. The molecule has 0 radical (unpaired) electrons. The molecule has 1 aromatic heterocycles. The van der Waals surface area contributed by atoms with Gasteiger partial charge in [0, 0.05) is 34.1 Å². The highest BCUT2D eigenvalue weighted by atomic mass is 15.3. The van der Waals surface area contributed by atoms with Gasteiger partial charge in [0.2, 0.25) is 0 Å².